The number of amides is 2. The van der Waals surface area contributed by atoms with Gasteiger partial charge in [-0.15, -0.1) is 0 Å². The van der Waals surface area contributed by atoms with Crippen molar-refractivity contribution in [3.63, 3.8) is 0 Å². The molecule has 22 heavy (non-hydrogen) atoms. The smallest absolute Gasteiger partial charge is 0.329 e. The summed E-state index contributed by atoms with van der Waals surface area (Å²) in [6, 6.07) is 0. The fourth-order valence-corrected chi connectivity index (χ4v) is 3.53. The first-order valence-corrected chi connectivity index (χ1v) is 8.31. The molecule has 1 saturated heterocycles. The summed E-state index contributed by atoms with van der Waals surface area (Å²) in [5.41, 5.74) is -1.10. The lowest BCUT2D eigenvalue weighted by atomic mass is 9.81. The molecule has 0 aromatic carbocycles. The van der Waals surface area contributed by atoms with Crippen molar-refractivity contribution in [1.29, 1.82) is 0 Å². The minimum atomic E-state index is -1.10. The summed E-state index contributed by atoms with van der Waals surface area (Å²) in [7, 11) is 0. The topological polar surface area (TPSA) is 86.7 Å². The van der Waals surface area contributed by atoms with Crippen LogP contribution < -0.4 is 5.32 Å². The molecule has 1 heterocycles. The van der Waals surface area contributed by atoms with Crippen LogP contribution in [0.15, 0.2) is 0 Å². The first-order valence-electron chi connectivity index (χ1n) is 8.31. The number of hydrogen-bond donors (Lipinski definition) is 2. The molecule has 2 aliphatic rings. The maximum Gasteiger partial charge on any atom is 0.329 e. The van der Waals surface area contributed by atoms with Gasteiger partial charge in [0.05, 0.1) is 5.92 Å². The van der Waals surface area contributed by atoms with E-state index in [1.54, 1.807) is 4.90 Å². The third-order valence-electron chi connectivity index (χ3n) is 4.93. The largest absolute Gasteiger partial charge is 0.480 e. The highest BCUT2D eigenvalue weighted by atomic mass is 16.4. The average Bonchev–Trinajstić information content (AvgIpc) is 2.55. The van der Waals surface area contributed by atoms with Crippen molar-refractivity contribution in [3.05, 3.63) is 0 Å². The quantitative estimate of drug-likeness (QED) is 0.824. The minimum Gasteiger partial charge on any atom is -0.480 e. The van der Waals surface area contributed by atoms with Gasteiger partial charge in [0.1, 0.15) is 5.54 Å². The number of carboxylic acids is 1. The molecular formula is C16H26N2O4. The van der Waals surface area contributed by atoms with Crippen LogP contribution in [0.5, 0.6) is 0 Å². The first kappa shape index (κ1) is 16.8. The lowest BCUT2D eigenvalue weighted by Crippen LogP contribution is -2.58. The molecule has 2 rings (SSSR count). The number of hydrogen-bond acceptors (Lipinski definition) is 3. The van der Waals surface area contributed by atoms with Crippen molar-refractivity contribution in [1.82, 2.24) is 10.2 Å². The van der Waals surface area contributed by atoms with E-state index in [-0.39, 0.29) is 17.7 Å². The fraction of sp³-hybridized carbons (Fsp3) is 0.812. The second kappa shape index (κ2) is 7.11. The van der Waals surface area contributed by atoms with Gasteiger partial charge in [0.2, 0.25) is 11.8 Å². The molecule has 1 aliphatic carbocycles. The van der Waals surface area contributed by atoms with Crippen molar-refractivity contribution in [2.45, 2.75) is 63.8 Å². The number of carbonyl (C=O) groups is 3. The Balaban J connectivity index is 2.01. The lowest BCUT2D eigenvalue weighted by molar-refractivity contribution is -0.150. The van der Waals surface area contributed by atoms with Crippen LogP contribution >= 0.6 is 0 Å². The normalized spacial score (nSPS) is 24.6. The molecule has 1 saturated carbocycles. The molecule has 124 valence electrons. The summed E-state index contributed by atoms with van der Waals surface area (Å²) in [6.07, 6.45) is 5.63. The Kier molecular flexibility index (Phi) is 5.42. The maximum atomic E-state index is 12.5. The van der Waals surface area contributed by atoms with Crippen molar-refractivity contribution in [2.75, 3.05) is 13.1 Å². The highest BCUT2D eigenvalue weighted by Crippen LogP contribution is 2.29. The summed E-state index contributed by atoms with van der Waals surface area (Å²) >= 11 is 0. The highest BCUT2D eigenvalue weighted by molar-refractivity contribution is 5.88. The Hall–Kier alpha value is -1.59. The molecule has 1 unspecified atom stereocenters. The van der Waals surface area contributed by atoms with Crippen LogP contribution in [0.3, 0.4) is 0 Å². The molecule has 0 bridgehead atoms. The standard InChI is InChI=1S/C16H26N2O4/c1-2-13(19)18-10-6-7-12(11-18)14(20)17-16(15(21)22)8-4-3-5-9-16/h12H,2-11H2,1H3,(H,17,20)(H,21,22). The first-order chi connectivity index (χ1) is 10.5. The van der Waals surface area contributed by atoms with Crippen LogP contribution in [-0.2, 0) is 14.4 Å². The molecular weight excluding hydrogens is 284 g/mol. The van der Waals surface area contributed by atoms with Crippen LogP contribution in [0.2, 0.25) is 0 Å². The van der Waals surface area contributed by atoms with Crippen molar-refractivity contribution >= 4 is 17.8 Å². The average molecular weight is 310 g/mol. The molecule has 0 aromatic rings. The van der Waals surface area contributed by atoms with Crippen LogP contribution in [-0.4, -0.2) is 46.4 Å². The van der Waals surface area contributed by atoms with Gasteiger partial charge in [-0.3, -0.25) is 9.59 Å². The molecule has 0 aromatic heterocycles. The van der Waals surface area contributed by atoms with Crippen LogP contribution in [0, 0.1) is 5.92 Å². The number of rotatable bonds is 4. The minimum absolute atomic E-state index is 0.0584. The lowest BCUT2D eigenvalue weighted by Gasteiger charge is -2.37. The van der Waals surface area contributed by atoms with Gasteiger partial charge in [-0.2, -0.15) is 0 Å². The van der Waals surface area contributed by atoms with Crippen molar-refractivity contribution in [3.8, 4) is 0 Å². The van der Waals surface area contributed by atoms with E-state index in [2.05, 4.69) is 5.32 Å². The van der Waals surface area contributed by atoms with Gasteiger partial charge in [-0.1, -0.05) is 26.2 Å². The summed E-state index contributed by atoms with van der Waals surface area (Å²) in [6.45, 7) is 2.92. The van der Waals surface area contributed by atoms with Gasteiger partial charge < -0.3 is 15.3 Å². The summed E-state index contributed by atoms with van der Waals surface area (Å²) in [5, 5.41) is 12.3. The Labute approximate surface area is 131 Å². The molecule has 1 aliphatic heterocycles. The number of aliphatic carboxylic acids is 1. The molecule has 6 nitrogen and oxygen atoms in total. The predicted molar refractivity (Wildman–Crippen MR) is 81.2 cm³/mol. The summed E-state index contributed by atoms with van der Waals surface area (Å²) in [4.78, 5) is 37.7. The van der Waals surface area contributed by atoms with Gasteiger partial charge in [-0.05, 0) is 25.7 Å². The van der Waals surface area contributed by atoms with Gasteiger partial charge >= 0.3 is 5.97 Å². The molecule has 6 heteroatoms. The Morgan fingerprint density at radius 3 is 2.45 bits per heavy atom. The monoisotopic (exact) mass is 310 g/mol. The predicted octanol–water partition coefficient (Wildman–Crippen LogP) is 1.54. The zero-order valence-corrected chi connectivity index (χ0v) is 13.3. The summed E-state index contributed by atoms with van der Waals surface area (Å²) < 4.78 is 0. The highest BCUT2D eigenvalue weighted by Gasteiger charge is 2.42. The molecule has 1 atom stereocenters. The van der Waals surface area contributed by atoms with Gasteiger partial charge in [0.15, 0.2) is 0 Å². The van der Waals surface area contributed by atoms with E-state index in [0.29, 0.717) is 32.4 Å². The summed E-state index contributed by atoms with van der Waals surface area (Å²) in [5.74, 6) is -1.37. The third kappa shape index (κ3) is 3.59. The van der Waals surface area contributed by atoms with E-state index in [0.717, 1.165) is 32.1 Å². The van der Waals surface area contributed by atoms with Gasteiger partial charge in [0.25, 0.3) is 0 Å². The number of piperidine rings is 1. The van der Waals surface area contributed by atoms with Gasteiger partial charge in [-0.25, -0.2) is 4.79 Å². The van der Waals surface area contributed by atoms with E-state index in [4.69, 9.17) is 0 Å². The van der Waals surface area contributed by atoms with E-state index in [1.165, 1.54) is 0 Å². The molecule has 2 N–H and O–H groups in total. The SMILES string of the molecule is CCC(=O)N1CCCC(C(=O)NC2(C(=O)O)CCCCC2)C1. The zero-order valence-electron chi connectivity index (χ0n) is 13.3. The Bertz CT molecular complexity index is 443. The van der Waals surface area contributed by atoms with Crippen LogP contribution in [0.1, 0.15) is 58.3 Å². The Morgan fingerprint density at radius 2 is 1.86 bits per heavy atom. The van der Waals surface area contributed by atoms with Crippen LogP contribution in [0.4, 0.5) is 0 Å². The number of likely N-dealkylation sites (tertiary alicyclic amines) is 1. The van der Waals surface area contributed by atoms with E-state index >= 15 is 0 Å². The number of carbonyl (C=O) groups excluding carboxylic acids is 2. The van der Waals surface area contributed by atoms with Crippen LogP contribution in [0.25, 0.3) is 0 Å². The molecule has 0 spiro atoms. The number of nitrogens with one attached hydrogen (secondary N) is 1. The molecule has 0 radical (unpaired) electrons. The number of nitrogens with zero attached hydrogens (tertiary/aromatic N) is 1. The molecule has 2 fully saturated rings. The Morgan fingerprint density at radius 1 is 1.18 bits per heavy atom. The molecule has 2 amide bonds. The fourth-order valence-electron chi connectivity index (χ4n) is 3.53. The van der Waals surface area contributed by atoms with E-state index in [9.17, 15) is 19.5 Å². The third-order valence-corrected chi connectivity index (χ3v) is 4.93. The van der Waals surface area contributed by atoms with Crippen molar-refractivity contribution in [2.24, 2.45) is 5.92 Å². The maximum absolute atomic E-state index is 12.5. The van der Waals surface area contributed by atoms with E-state index < -0.39 is 11.5 Å². The number of carboxylic acid groups (broad SMARTS) is 1. The second-order valence-corrected chi connectivity index (χ2v) is 6.47. The second-order valence-electron chi connectivity index (χ2n) is 6.47. The zero-order chi connectivity index (χ0) is 16.2. The van der Waals surface area contributed by atoms with Gasteiger partial charge in [0, 0.05) is 19.5 Å². The van der Waals surface area contributed by atoms with E-state index in [1.807, 2.05) is 6.92 Å². The van der Waals surface area contributed by atoms with Crippen molar-refractivity contribution < 1.29 is 19.5 Å².